The zero-order valence-corrected chi connectivity index (χ0v) is 19.4. The quantitative estimate of drug-likeness (QED) is 0.551. The SMILES string of the molecule is C=C(c1ccccc1C)C1CC[C@H]2[C@@H]3CCC4N(C)C(=O)CC[C@]4(C)[C@@H]3CC[C@]12C. The Morgan fingerprint density at radius 1 is 1.00 bits per heavy atom. The molecule has 30 heavy (non-hydrogen) atoms. The van der Waals surface area contributed by atoms with Gasteiger partial charge in [-0.2, -0.15) is 0 Å². The second-order valence-electron chi connectivity index (χ2n) is 11.5. The lowest BCUT2D eigenvalue weighted by molar-refractivity contribution is -0.157. The first-order valence-electron chi connectivity index (χ1n) is 12.3. The van der Waals surface area contributed by atoms with Crippen LogP contribution in [0.5, 0.6) is 0 Å². The van der Waals surface area contributed by atoms with Crippen LogP contribution in [0.1, 0.15) is 76.3 Å². The Kier molecular flexibility index (Phi) is 4.73. The van der Waals surface area contributed by atoms with Gasteiger partial charge >= 0.3 is 0 Å². The summed E-state index contributed by atoms with van der Waals surface area (Å²) in [6.07, 6.45) is 9.70. The number of fused-ring (bicyclic) bond motifs is 5. The number of amides is 1. The van der Waals surface area contributed by atoms with Crippen LogP contribution >= 0.6 is 0 Å². The molecule has 2 heteroatoms. The first-order chi connectivity index (χ1) is 14.3. The maximum Gasteiger partial charge on any atom is 0.222 e. The highest BCUT2D eigenvalue weighted by molar-refractivity contribution is 5.77. The number of aryl methyl sites for hydroxylation is 1. The molecule has 162 valence electrons. The first-order valence-corrected chi connectivity index (χ1v) is 12.3. The van der Waals surface area contributed by atoms with Crippen molar-refractivity contribution < 1.29 is 4.79 Å². The fourth-order valence-corrected chi connectivity index (χ4v) is 8.84. The monoisotopic (exact) mass is 405 g/mol. The van der Waals surface area contributed by atoms with Crippen molar-refractivity contribution in [3.8, 4) is 0 Å². The van der Waals surface area contributed by atoms with Crippen molar-refractivity contribution >= 4 is 11.5 Å². The van der Waals surface area contributed by atoms with Crippen LogP contribution in [-0.2, 0) is 4.79 Å². The lowest BCUT2D eigenvalue weighted by Gasteiger charge is -2.62. The minimum atomic E-state index is 0.317. The molecule has 0 spiro atoms. The molecule has 0 radical (unpaired) electrons. The fraction of sp³-hybridized carbons (Fsp3) is 0.679. The third kappa shape index (κ3) is 2.71. The van der Waals surface area contributed by atoms with E-state index in [1.54, 1.807) is 0 Å². The summed E-state index contributed by atoms with van der Waals surface area (Å²) in [7, 11) is 2.06. The second-order valence-corrected chi connectivity index (χ2v) is 11.5. The molecule has 0 N–H and O–H groups in total. The van der Waals surface area contributed by atoms with Crippen LogP contribution in [0.15, 0.2) is 30.8 Å². The number of likely N-dealkylation sites (tertiary alicyclic amines) is 1. The number of carbonyl (C=O) groups is 1. The molecule has 1 heterocycles. The molecular formula is C28H39NO. The van der Waals surface area contributed by atoms with Crippen molar-refractivity contribution in [3.05, 3.63) is 42.0 Å². The van der Waals surface area contributed by atoms with Gasteiger partial charge in [-0.05, 0) is 103 Å². The van der Waals surface area contributed by atoms with Crippen LogP contribution in [-0.4, -0.2) is 23.9 Å². The summed E-state index contributed by atoms with van der Waals surface area (Å²) < 4.78 is 0. The van der Waals surface area contributed by atoms with E-state index in [1.165, 1.54) is 55.2 Å². The number of allylic oxidation sites excluding steroid dienone is 1. The zero-order valence-electron chi connectivity index (χ0n) is 19.4. The Bertz CT molecular complexity index is 873. The van der Waals surface area contributed by atoms with Crippen LogP contribution in [0.3, 0.4) is 0 Å². The molecule has 1 aromatic carbocycles. The molecule has 1 amide bonds. The lowest BCUT2D eigenvalue weighted by atomic mass is 9.46. The highest BCUT2D eigenvalue weighted by atomic mass is 16.2. The van der Waals surface area contributed by atoms with Crippen molar-refractivity contribution in [1.82, 2.24) is 4.90 Å². The van der Waals surface area contributed by atoms with Gasteiger partial charge in [-0.25, -0.2) is 0 Å². The summed E-state index contributed by atoms with van der Waals surface area (Å²) in [4.78, 5) is 14.5. The maximum absolute atomic E-state index is 12.4. The van der Waals surface area contributed by atoms with Gasteiger partial charge in [0.05, 0.1) is 0 Å². The van der Waals surface area contributed by atoms with Gasteiger partial charge < -0.3 is 4.90 Å². The van der Waals surface area contributed by atoms with Crippen molar-refractivity contribution in [3.63, 3.8) is 0 Å². The number of nitrogens with zero attached hydrogens (tertiary/aromatic N) is 1. The van der Waals surface area contributed by atoms with Crippen LogP contribution < -0.4 is 0 Å². The van der Waals surface area contributed by atoms with E-state index in [0.717, 1.165) is 30.6 Å². The number of rotatable bonds is 2. The van der Waals surface area contributed by atoms with E-state index in [4.69, 9.17) is 0 Å². The maximum atomic E-state index is 12.4. The van der Waals surface area contributed by atoms with Crippen molar-refractivity contribution in [2.75, 3.05) is 7.05 Å². The Labute approximate surface area is 183 Å². The van der Waals surface area contributed by atoms with Crippen molar-refractivity contribution in [2.24, 2.45) is 34.5 Å². The molecular weight excluding hydrogens is 366 g/mol. The van der Waals surface area contributed by atoms with Crippen molar-refractivity contribution in [2.45, 2.75) is 78.2 Å². The smallest absolute Gasteiger partial charge is 0.222 e. The Morgan fingerprint density at radius 2 is 1.73 bits per heavy atom. The van der Waals surface area contributed by atoms with E-state index < -0.39 is 0 Å². The average molecular weight is 406 g/mol. The predicted molar refractivity (Wildman–Crippen MR) is 124 cm³/mol. The topological polar surface area (TPSA) is 20.3 Å². The number of hydrogen-bond donors (Lipinski definition) is 0. The number of hydrogen-bond acceptors (Lipinski definition) is 1. The Morgan fingerprint density at radius 3 is 2.50 bits per heavy atom. The molecule has 1 aromatic rings. The molecule has 3 saturated carbocycles. The second kappa shape index (κ2) is 6.97. The molecule has 7 atom stereocenters. The van der Waals surface area contributed by atoms with Gasteiger partial charge in [-0.1, -0.05) is 44.7 Å². The Balaban J connectivity index is 1.43. The normalized spacial score (nSPS) is 43.0. The summed E-state index contributed by atoms with van der Waals surface area (Å²) in [6.45, 7) is 12.0. The first kappa shape index (κ1) is 20.3. The van der Waals surface area contributed by atoms with Gasteiger partial charge in [0.1, 0.15) is 0 Å². The number of carbonyl (C=O) groups excluding carboxylic acids is 1. The van der Waals surface area contributed by atoms with Gasteiger partial charge in [0.25, 0.3) is 0 Å². The molecule has 1 aliphatic heterocycles. The zero-order chi connectivity index (χ0) is 21.3. The standard InChI is InChI=1S/C28H39NO/c1-18-8-6-7-9-20(18)19(2)22-11-12-23-21-10-13-25-28(4,17-15-26(30)29(25)5)24(21)14-16-27(22,23)3/h6-9,21-25H,2,10-17H2,1,3-5H3/t21-,22?,23-,24+,25?,27+,28+/m0/s1. The minimum absolute atomic E-state index is 0.317. The van der Waals surface area contributed by atoms with Crippen LogP contribution in [0.4, 0.5) is 0 Å². The molecule has 0 bridgehead atoms. The third-order valence-electron chi connectivity index (χ3n) is 10.5. The highest BCUT2D eigenvalue weighted by Crippen LogP contribution is 2.67. The van der Waals surface area contributed by atoms with Gasteiger partial charge in [0, 0.05) is 19.5 Å². The summed E-state index contributed by atoms with van der Waals surface area (Å²) in [6, 6.07) is 9.28. The molecule has 2 nitrogen and oxygen atoms in total. The van der Waals surface area contributed by atoms with Gasteiger partial charge in [0.2, 0.25) is 5.91 Å². The van der Waals surface area contributed by atoms with E-state index in [2.05, 4.69) is 63.6 Å². The number of benzene rings is 1. The van der Waals surface area contributed by atoms with Gasteiger partial charge in [0.15, 0.2) is 0 Å². The van der Waals surface area contributed by atoms with Gasteiger partial charge in [-0.3, -0.25) is 4.79 Å². The summed E-state index contributed by atoms with van der Waals surface area (Å²) in [5.74, 6) is 3.43. The summed E-state index contributed by atoms with van der Waals surface area (Å²) >= 11 is 0. The molecule has 3 aliphatic carbocycles. The molecule has 4 aliphatic rings. The van der Waals surface area contributed by atoms with Gasteiger partial charge in [-0.15, -0.1) is 0 Å². The van der Waals surface area contributed by atoms with E-state index in [9.17, 15) is 4.79 Å². The largest absolute Gasteiger partial charge is 0.342 e. The predicted octanol–water partition coefficient (Wildman–Crippen LogP) is 6.49. The molecule has 1 saturated heterocycles. The molecule has 4 fully saturated rings. The average Bonchev–Trinajstić information content (AvgIpc) is 3.08. The summed E-state index contributed by atoms with van der Waals surface area (Å²) in [5.41, 5.74) is 4.85. The van der Waals surface area contributed by atoms with Crippen molar-refractivity contribution in [1.29, 1.82) is 0 Å². The molecule has 2 unspecified atom stereocenters. The minimum Gasteiger partial charge on any atom is -0.342 e. The van der Waals surface area contributed by atoms with Crippen LogP contribution in [0.2, 0.25) is 0 Å². The lowest BCUT2D eigenvalue weighted by Crippen LogP contribution is -2.61. The Hall–Kier alpha value is -1.57. The van der Waals surface area contributed by atoms with Crippen LogP contribution in [0.25, 0.3) is 5.57 Å². The van der Waals surface area contributed by atoms with Crippen LogP contribution in [0, 0.1) is 41.4 Å². The highest BCUT2D eigenvalue weighted by Gasteiger charge is 2.61. The summed E-state index contributed by atoms with van der Waals surface area (Å²) in [5, 5.41) is 0. The van der Waals surface area contributed by atoms with E-state index in [-0.39, 0.29) is 0 Å². The third-order valence-corrected chi connectivity index (χ3v) is 10.5. The molecule has 0 aromatic heterocycles. The van der Waals surface area contributed by atoms with E-state index >= 15 is 0 Å². The van der Waals surface area contributed by atoms with E-state index in [1.807, 2.05) is 0 Å². The van der Waals surface area contributed by atoms with E-state index in [0.29, 0.717) is 28.7 Å². The fourth-order valence-electron chi connectivity index (χ4n) is 8.84. The molecule has 5 rings (SSSR count). The number of piperidine rings is 1.